The van der Waals surface area contributed by atoms with Crippen LogP contribution in [0.1, 0.15) is 25.0 Å². The smallest absolute Gasteiger partial charge is 0.178 e. The van der Waals surface area contributed by atoms with E-state index < -0.39 is 0 Å². The Balaban J connectivity index is 0.941. The lowest BCUT2D eigenvalue weighted by Crippen LogP contribution is -2.15. The van der Waals surface area contributed by atoms with Gasteiger partial charge in [0.15, 0.2) is 28.8 Å². The van der Waals surface area contributed by atoms with Crippen LogP contribution in [0.5, 0.6) is 23.0 Å². The maximum Gasteiger partial charge on any atom is 0.178 e. The highest BCUT2D eigenvalue weighted by molar-refractivity contribution is 6.09. The summed E-state index contributed by atoms with van der Waals surface area (Å²) in [6, 6.07) is 62.8. The monoisotopic (exact) mass is 772 g/mol. The molecule has 0 unspecified atom stereocenters. The van der Waals surface area contributed by atoms with E-state index in [0.29, 0.717) is 17.3 Å². The summed E-state index contributed by atoms with van der Waals surface area (Å²) in [6.07, 6.45) is 0. The molecule has 0 atom stereocenters. The summed E-state index contributed by atoms with van der Waals surface area (Å²) in [4.78, 5) is 10.4. The van der Waals surface area contributed by atoms with Crippen molar-refractivity contribution in [2.24, 2.45) is 0 Å². The number of hydrogen-bond donors (Lipinski definition) is 0. The lowest BCUT2D eigenvalue weighted by molar-refractivity contribution is 0.360. The molecular formula is C55H36N2O3. The molecule has 12 rings (SSSR count). The van der Waals surface area contributed by atoms with Gasteiger partial charge in [-0.3, -0.25) is 0 Å². The first kappa shape index (κ1) is 34.3. The van der Waals surface area contributed by atoms with Crippen molar-refractivity contribution in [2.75, 3.05) is 0 Å². The summed E-state index contributed by atoms with van der Waals surface area (Å²) in [6.45, 7) is 4.55. The van der Waals surface area contributed by atoms with Crippen LogP contribution in [0.4, 0.5) is 0 Å². The minimum atomic E-state index is -0.146. The van der Waals surface area contributed by atoms with Crippen LogP contribution in [0.15, 0.2) is 186 Å². The van der Waals surface area contributed by atoms with Gasteiger partial charge in [0.1, 0.15) is 11.2 Å². The standard InChI is InChI=1S/C55H36N2O3/c1-55(2)43-21-10-8-18-42(43)51-44(55)28-30-49-53(51)60-50-31-36(27-29-48(50)58-49)37-15-6-7-16-39(37)46-32-45(56-54(57-46)35-13-4-3-5-14-35)34-25-23-33(24-26-34)38-19-12-20-41-40-17-9-11-22-47(40)59-52(38)41/h3-32H,1-2H3. The largest absolute Gasteiger partial charge is 0.455 e. The number of aromatic nitrogens is 2. The second kappa shape index (κ2) is 13.1. The van der Waals surface area contributed by atoms with Crippen molar-refractivity contribution in [3.8, 4) is 90.3 Å². The average Bonchev–Trinajstić information content (AvgIpc) is 3.80. The predicted molar refractivity (Wildman–Crippen MR) is 241 cm³/mol. The van der Waals surface area contributed by atoms with Crippen LogP contribution in [0.3, 0.4) is 0 Å². The van der Waals surface area contributed by atoms with Crippen molar-refractivity contribution >= 4 is 21.9 Å². The van der Waals surface area contributed by atoms with Gasteiger partial charge in [-0.05, 0) is 63.7 Å². The third kappa shape index (κ3) is 5.33. The van der Waals surface area contributed by atoms with Crippen molar-refractivity contribution in [2.45, 2.75) is 19.3 Å². The van der Waals surface area contributed by atoms with E-state index in [1.807, 2.05) is 42.5 Å². The molecule has 0 amide bonds. The molecule has 8 aromatic carbocycles. The van der Waals surface area contributed by atoms with Crippen LogP contribution in [0.25, 0.3) is 89.2 Å². The molecule has 284 valence electrons. The Morgan fingerprint density at radius 3 is 1.95 bits per heavy atom. The van der Waals surface area contributed by atoms with Gasteiger partial charge in [0, 0.05) is 44.0 Å². The van der Waals surface area contributed by atoms with Crippen LogP contribution < -0.4 is 9.47 Å². The first-order chi connectivity index (χ1) is 29.5. The van der Waals surface area contributed by atoms with Gasteiger partial charge in [-0.15, -0.1) is 0 Å². The lowest BCUT2D eigenvalue weighted by Gasteiger charge is -2.25. The number of ether oxygens (including phenoxy) is 2. The van der Waals surface area contributed by atoms with E-state index in [1.54, 1.807) is 0 Å². The maximum atomic E-state index is 6.86. The topological polar surface area (TPSA) is 57.4 Å². The van der Waals surface area contributed by atoms with Gasteiger partial charge in [0.25, 0.3) is 0 Å². The van der Waals surface area contributed by atoms with Crippen molar-refractivity contribution in [3.05, 3.63) is 193 Å². The third-order valence-electron chi connectivity index (χ3n) is 12.2. The molecule has 1 aliphatic carbocycles. The molecule has 5 heteroatoms. The molecule has 0 bridgehead atoms. The fourth-order valence-corrected chi connectivity index (χ4v) is 9.20. The van der Waals surface area contributed by atoms with Crippen LogP contribution >= 0.6 is 0 Å². The van der Waals surface area contributed by atoms with Gasteiger partial charge in [0.05, 0.1) is 11.4 Å². The molecule has 2 aliphatic rings. The normalized spacial score (nSPS) is 13.2. The molecule has 60 heavy (non-hydrogen) atoms. The van der Waals surface area contributed by atoms with Crippen LogP contribution in [-0.4, -0.2) is 9.97 Å². The summed E-state index contributed by atoms with van der Waals surface area (Å²) in [7, 11) is 0. The maximum absolute atomic E-state index is 6.86. The molecule has 0 spiro atoms. The quantitative estimate of drug-likeness (QED) is 0.174. The lowest BCUT2D eigenvalue weighted by atomic mass is 9.82. The van der Waals surface area contributed by atoms with Gasteiger partial charge in [-0.1, -0.05) is 166 Å². The van der Waals surface area contributed by atoms with Crippen molar-refractivity contribution in [1.82, 2.24) is 9.97 Å². The second-order valence-corrected chi connectivity index (χ2v) is 16.1. The van der Waals surface area contributed by atoms with E-state index in [2.05, 4.69) is 153 Å². The van der Waals surface area contributed by atoms with E-state index in [9.17, 15) is 0 Å². The first-order valence-corrected chi connectivity index (χ1v) is 20.3. The SMILES string of the molecule is CC1(C)c2ccccc2-c2c1ccc1c2Oc2cc(-c3ccccc3-c3cc(-c4ccc(-c5cccc6c5oc5ccccc56)cc4)nc(-c4ccccc4)n3)ccc2O1. The molecule has 0 radical (unpaired) electrons. The Bertz CT molecular complexity index is 3350. The number of furan rings is 1. The minimum absolute atomic E-state index is 0.146. The third-order valence-corrected chi connectivity index (χ3v) is 12.2. The molecule has 0 saturated carbocycles. The summed E-state index contributed by atoms with van der Waals surface area (Å²) in [5.41, 5.74) is 15.2. The number of fused-ring (bicyclic) bond motifs is 9. The molecule has 0 N–H and O–H groups in total. The van der Waals surface area contributed by atoms with Crippen molar-refractivity contribution in [3.63, 3.8) is 0 Å². The molecule has 10 aromatic rings. The fourth-order valence-electron chi connectivity index (χ4n) is 9.20. The number of hydrogen-bond acceptors (Lipinski definition) is 5. The zero-order valence-electron chi connectivity index (χ0n) is 32.9. The Kier molecular flexibility index (Phi) is 7.51. The number of para-hydroxylation sites is 2. The molecule has 1 aliphatic heterocycles. The Morgan fingerprint density at radius 1 is 0.417 bits per heavy atom. The molecule has 5 nitrogen and oxygen atoms in total. The number of nitrogens with zero attached hydrogens (tertiary/aromatic N) is 2. The van der Waals surface area contributed by atoms with E-state index in [-0.39, 0.29) is 5.41 Å². The molecule has 2 aromatic heterocycles. The average molecular weight is 773 g/mol. The van der Waals surface area contributed by atoms with E-state index in [1.165, 1.54) is 16.7 Å². The van der Waals surface area contributed by atoms with Crippen molar-refractivity contribution < 1.29 is 13.9 Å². The van der Waals surface area contributed by atoms with E-state index >= 15 is 0 Å². The Hall–Kier alpha value is -7.76. The first-order valence-electron chi connectivity index (χ1n) is 20.3. The zero-order chi connectivity index (χ0) is 40.0. The second-order valence-electron chi connectivity index (χ2n) is 16.1. The highest BCUT2D eigenvalue weighted by atomic mass is 16.6. The molecule has 0 saturated heterocycles. The van der Waals surface area contributed by atoms with E-state index in [4.69, 9.17) is 23.9 Å². The molecule has 3 heterocycles. The van der Waals surface area contributed by atoms with Gasteiger partial charge in [-0.25, -0.2) is 9.97 Å². The highest BCUT2D eigenvalue weighted by Gasteiger charge is 2.39. The van der Waals surface area contributed by atoms with Gasteiger partial charge >= 0.3 is 0 Å². The van der Waals surface area contributed by atoms with Gasteiger partial charge < -0.3 is 13.9 Å². The molecular weight excluding hydrogens is 737 g/mol. The molecule has 0 fully saturated rings. The van der Waals surface area contributed by atoms with Crippen LogP contribution in [-0.2, 0) is 5.41 Å². The van der Waals surface area contributed by atoms with Crippen molar-refractivity contribution in [1.29, 1.82) is 0 Å². The zero-order valence-corrected chi connectivity index (χ0v) is 32.9. The van der Waals surface area contributed by atoms with Crippen LogP contribution in [0, 0.1) is 0 Å². The summed E-state index contributed by atoms with van der Waals surface area (Å²) in [5.74, 6) is 3.51. The number of rotatable bonds is 5. The number of benzene rings is 8. The van der Waals surface area contributed by atoms with Crippen LogP contribution in [0.2, 0.25) is 0 Å². The van der Waals surface area contributed by atoms with Gasteiger partial charge in [-0.2, -0.15) is 0 Å². The Labute approximate surface area is 347 Å². The summed E-state index contributed by atoms with van der Waals surface area (Å²) < 4.78 is 19.8. The summed E-state index contributed by atoms with van der Waals surface area (Å²) >= 11 is 0. The summed E-state index contributed by atoms with van der Waals surface area (Å²) in [5, 5.41) is 2.23. The highest BCUT2D eigenvalue weighted by Crippen LogP contribution is 2.58. The van der Waals surface area contributed by atoms with Gasteiger partial charge in [0.2, 0.25) is 0 Å². The van der Waals surface area contributed by atoms with E-state index in [0.717, 1.165) is 89.3 Å². The predicted octanol–water partition coefficient (Wildman–Crippen LogP) is 14.9. The Morgan fingerprint density at radius 2 is 1.08 bits per heavy atom. The fraction of sp³-hybridized carbons (Fsp3) is 0.0545. The minimum Gasteiger partial charge on any atom is -0.455 e.